The Balaban J connectivity index is 2.84. The van der Waals surface area contributed by atoms with Gasteiger partial charge >= 0.3 is 6.18 Å². The van der Waals surface area contributed by atoms with Crippen molar-refractivity contribution in [1.29, 1.82) is 0 Å². The number of halogens is 4. The molecule has 0 heterocycles. The lowest BCUT2D eigenvalue weighted by molar-refractivity contribution is -0.139. The highest BCUT2D eigenvalue weighted by Gasteiger charge is 2.34. The third-order valence-corrected chi connectivity index (χ3v) is 2.62. The number of alkyl halides is 3. The highest BCUT2D eigenvalue weighted by molar-refractivity contribution is 5.49. The summed E-state index contributed by atoms with van der Waals surface area (Å²) in [4.78, 5) is 1.67. The van der Waals surface area contributed by atoms with Crippen molar-refractivity contribution < 1.29 is 17.6 Å². The van der Waals surface area contributed by atoms with Crippen LogP contribution < -0.4 is 10.2 Å². The van der Waals surface area contributed by atoms with Crippen LogP contribution in [0.2, 0.25) is 0 Å². The highest BCUT2D eigenvalue weighted by Crippen LogP contribution is 2.33. The molecule has 0 fully saturated rings. The molecule has 0 unspecified atom stereocenters. The lowest BCUT2D eigenvalue weighted by Gasteiger charge is -2.20. The molecule has 6 heteroatoms. The van der Waals surface area contributed by atoms with E-state index in [-0.39, 0.29) is 0 Å². The summed E-state index contributed by atoms with van der Waals surface area (Å²) in [5.41, 5.74) is -0.861. The van der Waals surface area contributed by atoms with Gasteiger partial charge in [-0.1, -0.05) is 0 Å². The Morgan fingerprint density at radius 3 is 2.50 bits per heavy atom. The van der Waals surface area contributed by atoms with Crippen LogP contribution in [-0.4, -0.2) is 27.2 Å². The molecule has 102 valence electrons. The monoisotopic (exact) mass is 264 g/mol. The average molecular weight is 264 g/mol. The molecule has 1 aromatic carbocycles. The standard InChI is InChI=1S/C12H16F4N2/c1-17-6-3-7-18(2)9-4-5-11(13)10(8-9)12(14,15)16/h4-5,8,17H,3,6-7H2,1-2H3. The Morgan fingerprint density at radius 1 is 1.28 bits per heavy atom. The van der Waals surface area contributed by atoms with Crippen molar-refractivity contribution >= 4 is 5.69 Å². The molecule has 0 aliphatic rings. The summed E-state index contributed by atoms with van der Waals surface area (Å²) in [7, 11) is 3.49. The van der Waals surface area contributed by atoms with Crippen LogP contribution in [0.5, 0.6) is 0 Å². The van der Waals surface area contributed by atoms with Crippen LogP contribution in [0.1, 0.15) is 12.0 Å². The van der Waals surface area contributed by atoms with Gasteiger partial charge in [0.15, 0.2) is 0 Å². The Bertz CT molecular complexity index is 390. The van der Waals surface area contributed by atoms with Crippen LogP contribution in [0, 0.1) is 5.82 Å². The fourth-order valence-corrected chi connectivity index (χ4v) is 1.59. The fraction of sp³-hybridized carbons (Fsp3) is 0.500. The van der Waals surface area contributed by atoms with E-state index < -0.39 is 17.6 Å². The van der Waals surface area contributed by atoms with E-state index >= 15 is 0 Å². The number of nitrogens with one attached hydrogen (secondary N) is 1. The first kappa shape index (κ1) is 14.8. The third kappa shape index (κ3) is 3.87. The van der Waals surface area contributed by atoms with Gasteiger partial charge < -0.3 is 10.2 Å². The predicted octanol–water partition coefficient (Wildman–Crippen LogP) is 2.89. The maximum absolute atomic E-state index is 13.1. The van der Waals surface area contributed by atoms with Gasteiger partial charge in [-0.15, -0.1) is 0 Å². The van der Waals surface area contributed by atoms with Gasteiger partial charge in [-0.05, 0) is 38.2 Å². The van der Waals surface area contributed by atoms with E-state index in [2.05, 4.69) is 5.32 Å². The van der Waals surface area contributed by atoms with Crippen LogP contribution in [0.25, 0.3) is 0 Å². The number of benzene rings is 1. The fourth-order valence-electron chi connectivity index (χ4n) is 1.59. The summed E-state index contributed by atoms with van der Waals surface area (Å²) in [6.45, 7) is 1.38. The number of nitrogens with zero attached hydrogens (tertiary/aromatic N) is 1. The Hall–Kier alpha value is -1.30. The average Bonchev–Trinajstić information content (AvgIpc) is 2.28. The molecule has 1 rings (SSSR count). The van der Waals surface area contributed by atoms with Crippen LogP contribution in [0.3, 0.4) is 0 Å². The van der Waals surface area contributed by atoms with Crippen molar-refractivity contribution in [3.05, 3.63) is 29.6 Å². The zero-order valence-corrected chi connectivity index (χ0v) is 10.3. The van der Waals surface area contributed by atoms with Crippen molar-refractivity contribution in [2.24, 2.45) is 0 Å². The summed E-state index contributed by atoms with van der Waals surface area (Å²) < 4.78 is 50.7. The van der Waals surface area contributed by atoms with E-state index in [0.717, 1.165) is 25.1 Å². The summed E-state index contributed by atoms with van der Waals surface area (Å²) in [6, 6.07) is 3.05. The first-order valence-electron chi connectivity index (χ1n) is 5.58. The maximum Gasteiger partial charge on any atom is 0.419 e. The first-order chi connectivity index (χ1) is 8.36. The van der Waals surface area contributed by atoms with Gasteiger partial charge in [-0.3, -0.25) is 0 Å². The molecule has 0 aromatic heterocycles. The minimum absolute atomic E-state index is 0.361. The van der Waals surface area contributed by atoms with E-state index in [1.165, 1.54) is 6.07 Å². The van der Waals surface area contributed by atoms with Gasteiger partial charge in [0.05, 0.1) is 5.56 Å². The number of anilines is 1. The summed E-state index contributed by atoms with van der Waals surface area (Å²) in [5, 5.41) is 2.95. The molecule has 2 nitrogen and oxygen atoms in total. The first-order valence-corrected chi connectivity index (χ1v) is 5.58. The van der Waals surface area contributed by atoms with Crippen molar-refractivity contribution in [1.82, 2.24) is 5.32 Å². The number of rotatable bonds is 5. The van der Waals surface area contributed by atoms with E-state index in [4.69, 9.17) is 0 Å². The molecular weight excluding hydrogens is 248 g/mol. The van der Waals surface area contributed by atoms with E-state index in [0.29, 0.717) is 12.2 Å². The SMILES string of the molecule is CNCCCN(C)c1ccc(F)c(C(F)(F)F)c1. The second kappa shape index (κ2) is 6.04. The van der Waals surface area contributed by atoms with Gasteiger partial charge in [-0.2, -0.15) is 13.2 Å². The van der Waals surface area contributed by atoms with Crippen LogP contribution in [-0.2, 0) is 6.18 Å². The van der Waals surface area contributed by atoms with Gasteiger partial charge in [-0.25, -0.2) is 4.39 Å². The van der Waals surface area contributed by atoms with Gasteiger partial charge in [0.2, 0.25) is 0 Å². The van der Waals surface area contributed by atoms with Crippen LogP contribution in [0.4, 0.5) is 23.2 Å². The summed E-state index contributed by atoms with van der Waals surface area (Å²) in [6.07, 6.45) is -3.86. The largest absolute Gasteiger partial charge is 0.419 e. The van der Waals surface area contributed by atoms with E-state index in [1.54, 1.807) is 19.0 Å². The Kier molecular flexibility index (Phi) is 4.95. The Morgan fingerprint density at radius 2 is 1.94 bits per heavy atom. The zero-order valence-electron chi connectivity index (χ0n) is 10.3. The van der Waals surface area contributed by atoms with Crippen LogP contribution in [0.15, 0.2) is 18.2 Å². The molecular formula is C12H16F4N2. The lowest BCUT2D eigenvalue weighted by Crippen LogP contribution is -2.22. The van der Waals surface area contributed by atoms with Crippen molar-refractivity contribution in [2.75, 3.05) is 32.1 Å². The van der Waals surface area contributed by atoms with Gasteiger partial charge in [0, 0.05) is 19.3 Å². The van der Waals surface area contributed by atoms with Crippen molar-refractivity contribution in [2.45, 2.75) is 12.6 Å². The number of hydrogen-bond donors (Lipinski definition) is 1. The van der Waals surface area contributed by atoms with Crippen LogP contribution >= 0.6 is 0 Å². The summed E-state index contributed by atoms with van der Waals surface area (Å²) >= 11 is 0. The molecule has 0 bridgehead atoms. The van der Waals surface area contributed by atoms with Crippen molar-refractivity contribution in [3.8, 4) is 0 Å². The van der Waals surface area contributed by atoms with Crippen molar-refractivity contribution in [3.63, 3.8) is 0 Å². The zero-order chi connectivity index (χ0) is 13.8. The van der Waals surface area contributed by atoms with E-state index in [1.807, 2.05) is 0 Å². The predicted molar refractivity (Wildman–Crippen MR) is 63.2 cm³/mol. The Labute approximate surface area is 104 Å². The molecule has 0 amide bonds. The molecule has 0 spiro atoms. The third-order valence-electron chi connectivity index (χ3n) is 2.62. The topological polar surface area (TPSA) is 15.3 Å². The number of hydrogen-bond acceptors (Lipinski definition) is 2. The second-order valence-corrected chi connectivity index (χ2v) is 4.04. The summed E-state index contributed by atoms with van der Waals surface area (Å²) in [5.74, 6) is -1.24. The lowest BCUT2D eigenvalue weighted by atomic mass is 10.1. The normalized spacial score (nSPS) is 11.7. The molecule has 0 aliphatic heterocycles. The minimum atomic E-state index is -4.66. The molecule has 0 aliphatic carbocycles. The smallest absolute Gasteiger partial charge is 0.375 e. The molecule has 0 saturated heterocycles. The molecule has 0 saturated carbocycles. The van der Waals surface area contributed by atoms with Gasteiger partial charge in [0.25, 0.3) is 0 Å². The highest BCUT2D eigenvalue weighted by atomic mass is 19.4. The molecule has 0 atom stereocenters. The van der Waals surface area contributed by atoms with E-state index in [9.17, 15) is 17.6 Å². The van der Waals surface area contributed by atoms with Gasteiger partial charge in [0.1, 0.15) is 5.82 Å². The molecule has 1 N–H and O–H groups in total. The quantitative estimate of drug-likeness (QED) is 0.650. The second-order valence-electron chi connectivity index (χ2n) is 4.04. The minimum Gasteiger partial charge on any atom is -0.375 e. The molecule has 0 radical (unpaired) electrons. The maximum atomic E-state index is 13.1. The molecule has 18 heavy (non-hydrogen) atoms. The molecule has 1 aromatic rings.